The molecule has 0 fully saturated rings. The van der Waals surface area contributed by atoms with Gasteiger partial charge in [0.1, 0.15) is 5.82 Å². The molecule has 2 aromatic rings. The maximum absolute atomic E-state index is 13.0. The van der Waals surface area contributed by atoms with Crippen LogP contribution in [0.25, 0.3) is 5.69 Å². The molecule has 0 radical (unpaired) electrons. The fraction of sp³-hybridized carbons (Fsp3) is 0. The second-order valence-electron chi connectivity index (χ2n) is 2.93. The topological polar surface area (TPSA) is 34.9 Å². The number of rotatable bonds is 2. The molecule has 0 aliphatic rings. The molecular weight excluding hydrogens is 263 g/mol. The van der Waals surface area contributed by atoms with Crippen molar-refractivity contribution >= 4 is 22.2 Å². The fourth-order valence-corrected chi connectivity index (χ4v) is 1.62. The van der Waals surface area contributed by atoms with Crippen molar-refractivity contribution in [1.82, 2.24) is 9.78 Å². The molecule has 0 atom stereocenters. The van der Waals surface area contributed by atoms with Crippen LogP contribution in [0.4, 0.5) is 4.39 Å². The molecule has 0 amide bonds. The Morgan fingerprint density at radius 1 is 1.47 bits per heavy atom. The average molecular weight is 269 g/mol. The van der Waals surface area contributed by atoms with Crippen LogP contribution in [0.2, 0.25) is 0 Å². The minimum atomic E-state index is -0.351. The molecule has 5 heteroatoms. The van der Waals surface area contributed by atoms with Gasteiger partial charge in [0.2, 0.25) is 0 Å². The highest BCUT2D eigenvalue weighted by Gasteiger charge is 2.05. The Bertz CT molecular complexity index is 510. The van der Waals surface area contributed by atoms with E-state index in [1.807, 2.05) is 0 Å². The largest absolute Gasteiger partial charge is 0.298 e. The van der Waals surface area contributed by atoms with Gasteiger partial charge >= 0.3 is 0 Å². The Labute approximate surface area is 93.7 Å². The second kappa shape index (κ2) is 3.94. The first kappa shape index (κ1) is 10.0. The number of hydrogen-bond donors (Lipinski definition) is 0. The zero-order valence-electron chi connectivity index (χ0n) is 7.52. The normalized spacial score (nSPS) is 10.3. The molecular formula is C10H6BrFN2O. The van der Waals surface area contributed by atoms with Gasteiger partial charge in [0.05, 0.1) is 17.4 Å². The molecule has 0 saturated carbocycles. The second-order valence-corrected chi connectivity index (χ2v) is 3.79. The smallest absolute Gasteiger partial charge is 0.153 e. The van der Waals surface area contributed by atoms with E-state index >= 15 is 0 Å². The molecule has 0 unspecified atom stereocenters. The van der Waals surface area contributed by atoms with Crippen molar-refractivity contribution < 1.29 is 9.18 Å². The van der Waals surface area contributed by atoms with Gasteiger partial charge in [0.15, 0.2) is 6.29 Å². The molecule has 2 rings (SSSR count). The molecule has 1 aromatic carbocycles. The van der Waals surface area contributed by atoms with Crippen molar-refractivity contribution in [3.63, 3.8) is 0 Å². The summed E-state index contributed by atoms with van der Waals surface area (Å²) in [6.07, 6.45) is 3.65. The average Bonchev–Trinajstić information content (AvgIpc) is 2.70. The van der Waals surface area contributed by atoms with E-state index in [2.05, 4.69) is 21.0 Å². The van der Waals surface area contributed by atoms with E-state index in [-0.39, 0.29) is 5.82 Å². The summed E-state index contributed by atoms with van der Waals surface area (Å²) in [6, 6.07) is 4.27. The molecule has 0 bridgehead atoms. The lowest BCUT2D eigenvalue weighted by molar-refractivity contribution is 0.112. The maximum atomic E-state index is 13.0. The summed E-state index contributed by atoms with van der Waals surface area (Å²) in [6.45, 7) is 0. The van der Waals surface area contributed by atoms with Crippen LogP contribution in [0.5, 0.6) is 0 Å². The molecule has 3 nitrogen and oxygen atoms in total. The molecule has 0 aliphatic carbocycles. The number of carbonyl (C=O) groups excluding carboxylic acids is 1. The number of halogens is 2. The summed E-state index contributed by atoms with van der Waals surface area (Å²) in [5, 5.41) is 3.95. The van der Waals surface area contributed by atoms with Gasteiger partial charge in [0.25, 0.3) is 0 Å². The molecule has 1 aromatic heterocycles. The van der Waals surface area contributed by atoms with Crippen LogP contribution >= 0.6 is 15.9 Å². The number of aromatic nitrogens is 2. The highest BCUT2D eigenvalue weighted by atomic mass is 79.9. The van der Waals surface area contributed by atoms with Crippen molar-refractivity contribution in [2.45, 2.75) is 0 Å². The van der Waals surface area contributed by atoms with Crippen LogP contribution in [0.1, 0.15) is 10.4 Å². The minimum absolute atomic E-state index is 0.351. The van der Waals surface area contributed by atoms with Gasteiger partial charge in [-0.25, -0.2) is 9.07 Å². The first-order chi connectivity index (χ1) is 7.20. The number of carbonyl (C=O) groups is 1. The van der Waals surface area contributed by atoms with Crippen LogP contribution in [0.3, 0.4) is 0 Å². The SMILES string of the molecule is O=Cc1cnn(-c2cc(F)ccc2Br)c1. The van der Waals surface area contributed by atoms with Gasteiger partial charge in [0, 0.05) is 16.7 Å². The fourth-order valence-electron chi connectivity index (χ4n) is 1.19. The van der Waals surface area contributed by atoms with Gasteiger partial charge in [-0.3, -0.25) is 4.79 Å². The van der Waals surface area contributed by atoms with E-state index in [0.29, 0.717) is 22.0 Å². The van der Waals surface area contributed by atoms with Crippen LogP contribution in [0.15, 0.2) is 35.1 Å². The van der Waals surface area contributed by atoms with Gasteiger partial charge in [-0.15, -0.1) is 0 Å². The van der Waals surface area contributed by atoms with Crippen molar-refractivity contribution in [2.24, 2.45) is 0 Å². The van der Waals surface area contributed by atoms with E-state index < -0.39 is 0 Å². The van der Waals surface area contributed by atoms with Crippen LogP contribution in [-0.2, 0) is 0 Å². The number of benzene rings is 1. The molecule has 0 saturated heterocycles. The third-order valence-electron chi connectivity index (χ3n) is 1.89. The quantitative estimate of drug-likeness (QED) is 0.785. The molecule has 0 spiro atoms. The molecule has 15 heavy (non-hydrogen) atoms. The van der Waals surface area contributed by atoms with Crippen LogP contribution < -0.4 is 0 Å². The summed E-state index contributed by atoms with van der Waals surface area (Å²) in [5.41, 5.74) is 1.01. The number of aldehydes is 1. The number of hydrogen-bond acceptors (Lipinski definition) is 2. The lowest BCUT2D eigenvalue weighted by atomic mass is 10.3. The van der Waals surface area contributed by atoms with Gasteiger partial charge in [-0.2, -0.15) is 5.10 Å². The lowest BCUT2D eigenvalue weighted by Crippen LogP contribution is -1.96. The van der Waals surface area contributed by atoms with Gasteiger partial charge in [-0.1, -0.05) is 0 Å². The summed E-state index contributed by atoms with van der Waals surface area (Å²) >= 11 is 3.28. The van der Waals surface area contributed by atoms with E-state index in [4.69, 9.17) is 0 Å². The van der Waals surface area contributed by atoms with Crippen LogP contribution in [0, 0.1) is 5.82 Å². The Morgan fingerprint density at radius 3 is 2.93 bits per heavy atom. The molecule has 1 heterocycles. The summed E-state index contributed by atoms with van der Waals surface area (Å²) < 4.78 is 15.1. The Morgan fingerprint density at radius 2 is 2.27 bits per heavy atom. The third-order valence-corrected chi connectivity index (χ3v) is 2.56. The highest BCUT2D eigenvalue weighted by molar-refractivity contribution is 9.10. The van der Waals surface area contributed by atoms with Gasteiger partial charge < -0.3 is 0 Å². The van der Waals surface area contributed by atoms with Crippen molar-refractivity contribution in [2.75, 3.05) is 0 Å². The third kappa shape index (κ3) is 1.97. The highest BCUT2D eigenvalue weighted by Crippen LogP contribution is 2.21. The number of nitrogens with zero attached hydrogens (tertiary/aromatic N) is 2. The molecule has 0 N–H and O–H groups in total. The van der Waals surface area contributed by atoms with Crippen molar-refractivity contribution in [3.8, 4) is 5.69 Å². The van der Waals surface area contributed by atoms with Gasteiger partial charge in [-0.05, 0) is 28.1 Å². The zero-order valence-corrected chi connectivity index (χ0v) is 9.11. The van der Waals surface area contributed by atoms with Crippen molar-refractivity contribution in [1.29, 1.82) is 0 Å². The van der Waals surface area contributed by atoms with E-state index in [1.165, 1.54) is 29.2 Å². The Balaban J connectivity index is 2.52. The predicted octanol–water partition coefficient (Wildman–Crippen LogP) is 2.59. The summed E-state index contributed by atoms with van der Waals surface area (Å²) in [5.74, 6) is -0.351. The zero-order chi connectivity index (χ0) is 10.8. The van der Waals surface area contributed by atoms with E-state index in [0.717, 1.165) is 0 Å². The summed E-state index contributed by atoms with van der Waals surface area (Å²) in [4.78, 5) is 10.5. The standard InChI is InChI=1S/C10H6BrFN2O/c11-9-2-1-8(12)3-10(9)14-5-7(6-15)4-13-14/h1-6H. The Hall–Kier alpha value is -1.49. The van der Waals surface area contributed by atoms with E-state index in [9.17, 15) is 9.18 Å². The maximum Gasteiger partial charge on any atom is 0.153 e. The van der Waals surface area contributed by atoms with Crippen molar-refractivity contribution in [3.05, 3.63) is 46.4 Å². The lowest BCUT2D eigenvalue weighted by Gasteiger charge is -2.03. The Kier molecular flexibility index (Phi) is 2.64. The first-order valence-electron chi connectivity index (χ1n) is 4.16. The predicted molar refractivity (Wildman–Crippen MR) is 56.6 cm³/mol. The first-order valence-corrected chi connectivity index (χ1v) is 4.95. The minimum Gasteiger partial charge on any atom is -0.298 e. The monoisotopic (exact) mass is 268 g/mol. The summed E-state index contributed by atoms with van der Waals surface area (Å²) in [7, 11) is 0. The molecule has 76 valence electrons. The van der Waals surface area contributed by atoms with Crippen LogP contribution in [-0.4, -0.2) is 16.1 Å². The molecule has 0 aliphatic heterocycles. The van der Waals surface area contributed by atoms with E-state index in [1.54, 1.807) is 6.07 Å².